The molecule has 20 heavy (non-hydrogen) atoms. The van der Waals surface area contributed by atoms with E-state index in [1.54, 1.807) is 24.4 Å². The van der Waals surface area contributed by atoms with Crippen molar-refractivity contribution in [2.45, 2.75) is 6.42 Å². The Morgan fingerprint density at radius 2 is 2.30 bits per heavy atom. The zero-order valence-corrected chi connectivity index (χ0v) is 11.0. The van der Waals surface area contributed by atoms with Gasteiger partial charge >= 0.3 is 5.69 Å². The van der Waals surface area contributed by atoms with Gasteiger partial charge in [0.25, 0.3) is 0 Å². The Morgan fingerprint density at radius 1 is 1.45 bits per heavy atom. The summed E-state index contributed by atoms with van der Waals surface area (Å²) in [6.07, 6.45) is 2.63. The Hall–Kier alpha value is -2.21. The lowest BCUT2D eigenvalue weighted by atomic mass is 10.1. The van der Waals surface area contributed by atoms with Gasteiger partial charge in [-0.15, -0.1) is 0 Å². The first-order chi connectivity index (χ1) is 9.70. The fourth-order valence-corrected chi connectivity index (χ4v) is 2.82. The molecule has 6 heteroatoms. The van der Waals surface area contributed by atoms with Gasteiger partial charge in [-0.25, -0.2) is 0 Å². The molecule has 3 rings (SSSR count). The molecule has 0 radical (unpaired) electrons. The number of nitro benzene ring substituents is 1. The van der Waals surface area contributed by atoms with E-state index in [2.05, 4.69) is 9.88 Å². The highest BCUT2D eigenvalue weighted by Gasteiger charge is 2.28. The van der Waals surface area contributed by atoms with Crippen molar-refractivity contribution < 1.29 is 4.92 Å². The fraction of sp³-hybridized carbons (Fsp3) is 0.357. The van der Waals surface area contributed by atoms with E-state index >= 15 is 0 Å². The molecular formula is C14H16N4O2. The normalized spacial score (nSPS) is 18.6. The molecule has 1 aliphatic heterocycles. The number of hydrogen-bond donors (Lipinski definition) is 1. The average molecular weight is 272 g/mol. The van der Waals surface area contributed by atoms with E-state index in [0.717, 1.165) is 19.5 Å². The number of anilines is 1. The van der Waals surface area contributed by atoms with Gasteiger partial charge < -0.3 is 10.6 Å². The number of nitrogens with zero attached hydrogens (tertiary/aromatic N) is 3. The average Bonchev–Trinajstić information content (AvgIpc) is 2.94. The van der Waals surface area contributed by atoms with Gasteiger partial charge in [-0.05, 0) is 43.1 Å². The monoisotopic (exact) mass is 272 g/mol. The largest absolute Gasteiger partial charge is 0.366 e. The Kier molecular flexibility index (Phi) is 3.23. The molecule has 2 heterocycles. The number of benzene rings is 1. The van der Waals surface area contributed by atoms with Gasteiger partial charge in [0.05, 0.1) is 15.8 Å². The van der Waals surface area contributed by atoms with Crippen molar-refractivity contribution in [3.05, 3.63) is 40.6 Å². The van der Waals surface area contributed by atoms with Crippen molar-refractivity contribution in [2.24, 2.45) is 11.7 Å². The van der Waals surface area contributed by atoms with E-state index in [-0.39, 0.29) is 10.6 Å². The Morgan fingerprint density at radius 3 is 3.00 bits per heavy atom. The third-order valence-corrected chi connectivity index (χ3v) is 3.88. The summed E-state index contributed by atoms with van der Waals surface area (Å²) in [6, 6.07) is 7.12. The molecule has 0 aliphatic carbocycles. The van der Waals surface area contributed by atoms with Gasteiger partial charge in [0.1, 0.15) is 5.69 Å². The Labute approximate surface area is 116 Å². The zero-order chi connectivity index (χ0) is 14.1. The van der Waals surface area contributed by atoms with Crippen molar-refractivity contribution in [1.29, 1.82) is 0 Å². The minimum Gasteiger partial charge on any atom is -0.366 e. The summed E-state index contributed by atoms with van der Waals surface area (Å²) in [5.41, 5.74) is 7.16. The summed E-state index contributed by atoms with van der Waals surface area (Å²) in [7, 11) is 0. The van der Waals surface area contributed by atoms with Crippen LogP contribution in [0.4, 0.5) is 11.4 Å². The van der Waals surface area contributed by atoms with Gasteiger partial charge in [-0.3, -0.25) is 15.1 Å². The van der Waals surface area contributed by atoms with E-state index in [0.29, 0.717) is 29.1 Å². The summed E-state index contributed by atoms with van der Waals surface area (Å²) >= 11 is 0. The molecule has 1 atom stereocenters. The minimum atomic E-state index is -0.310. The van der Waals surface area contributed by atoms with Gasteiger partial charge in [0.2, 0.25) is 0 Å². The second-order valence-electron chi connectivity index (χ2n) is 5.10. The smallest absolute Gasteiger partial charge is 0.301 e. The maximum atomic E-state index is 11.5. The fourth-order valence-electron chi connectivity index (χ4n) is 2.82. The summed E-state index contributed by atoms with van der Waals surface area (Å²) < 4.78 is 0. The molecule has 104 valence electrons. The first kappa shape index (κ1) is 12.8. The Bertz CT molecular complexity index is 659. The van der Waals surface area contributed by atoms with E-state index in [9.17, 15) is 10.1 Å². The molecule has 0 bridgehead atoms. The van der Waals surface area contributed by atoms with Crippen LogP contribution in [0.3, 0.4) is 0 Å². The molecule has 6 nitrogen and oxygen atoms in total. The molecule has 0 spiro atoms. The van der Waals surface area contributed by atoms with Crippen LogP contribution in [0.2, 0.25) is 0 Å². The van der Waals surface area contributed by atoms with E-state index < -0.39 is 0 Å². The second kappa shape index (κ2) is 5.05. The number of nitro groups is 1. The topological polar surface area (TPSA) is 85.3 Å². The van der Waals surface area contributed by atoms with Crippen LogP contribution in [0, 0.1) is 16.0 Å². The highest BCUT2D eigenvalue weighted by molar-refractivity contribution is 5.94. The lowest BCUT2D eigenvalue weighted by Crippen LogP contribution is -2.23. The zero-order valence-electron chi connectivity index (χ0n) is 11.0. The van der Waals surface area contributed by atoms with Crippen molar-refractivity contribution in [3.63, 3.8) is 0 Å². The molecule has 2 N–H and O–H groups in total. The Balaban J connectivity index is 2.11. The van der Waals surface area contributed by atoms with Gasteiger partial charge in [0, 0.05) is 19.3 Å². The molecule has 1 aromatic carbocycles. The van der Waals surface area contributed by atoms with Gasteiger partial charge in [0.15, 0.2) is 0 Å². The van der Waals surface area contributed by atoms with Crippen molar-refractivity contribution in [2.75, 3.05) is 24.5 Å². The van der Waals surface area contributed by atoms with Crippen LogP contribution in [0.1, 0.15) is 6.42 Å². The van der Waals surface area contributed by atoms with Crippen molar-refractivity contribution in [3.8, 4) is 0 Å². The predicted octanol–water partition coefficient (Wildman–Crippen LogP) is 1.93. The second-order valence-corrected chi connectivity index (χ2v) is 5.10. The molecule has 1 fully saturated rings. The van der Waals surface area contributed by atoms with Crippen LogP contribution in [0.15, 0.2) is 30.5 Å². The summed E-state index contributed by atoms with van der Waals surface area (Å²) in [5.74, 6) is 0.416. The summed E-state index contributed by atoms with van der Waals surface area (Å²) in [6.45, 7) is 2.22. The van der Waals surface area contributed by atoms with Gasteiger partial charge in [-0.2, -0.15) is 0 Å². The molecule has 2 aromatic rings. The first-order valence-corrected chi connectivity index (χ1v) is 6.68. The maximum absolute atomic E-state index is 11.5. The maximum Gasteiger partial charge on any atom is 0.301 e. The third-order valence-electron chi connectivity index (χ3n) is 3.88. The predicted molar refractivity (Wildman–Crippen MR) is 77.8 cm³/mol. The molecule has 1 unspecified atom stereocenters. The minimum absolute atomic E-state index is 0.147. The number of hydrogen-bond acceptors (Lipinski definition) is 5. The van der Waals surface area contributed by atoms with Gasteiger partial charge in [-0.1, -0.05) is 0 Å². The highest BCUT2D eigenvalue weighted by Crippen LogP contribution is 2.37. The van der Waals surface area contributed by atoms with Crippen LogP contribution >= 0.6 is 0 Å². The summed E-state index contributed by atoms with van der Waals surface area (Å²) in [4.78, 5) is 17.4. The quantitative estimate of drug-likeness (QED) is 0.681. The third kappa shape index (κ3) is 2.08. The molecule has 1 aliphatic rings. The van der Waals surface area contributed by atoms with Crippen LogP contribution < -0.4 is 10.6 Å². The number of nitrogens with two attached hydrogens (primary N) is 1. The van der Waals surface area contributed by atoms with Crippen LogP contribution in [-0.4, -0.2) is 29.5 Å². The van der Waals surface area contributed by atoms with Crippen LogP contribution in [0.5, 0.6) is 0 Å². The molecule has 0 amide bonds. The number of pyridine rings is 1. The highest BCUT2D eigenvalue weighted by atomic mass is 16.6. The lowest BCUT2D eigenvalue weighted by Gasteiger charge is -2.19. The molecule has 1 saturated heterocycles. The summed E-state index contributed by atoms with van der Waals surface area (Å²) in [5, 5.41) is 12.1. The van der Waals surface area contributed by atoms with Crippen LogP contribution in [-0.2, 0) is 0 Å². The van der Waals surface area contributed by atoms with Crippen molar-refractivity contribution >= 4 is 22.3 Å². The number of aromatic nitrogens is 1. The van der Waals surface area contributed by atoms with Crippen molar-refractivity contribution in [1.82, 2.24) is 4.98 Å². The standard InChI is InChI=1S/C14H16N4O2/c15-8-10-5-7-17(9-10)13-4-3-12-11(2-1-6-16-12)14(13)18(19)20/h1-4,6,10H,5,7-9,15H2. The molecular weight excluding hydrogens is 256 g/mol. The van der Waals surface area contributed by atoms with E-state index in [1.165, 1.54) is 0 Å². The SMILES string of the molecule is NCC1CCN(c2ccc3ncccc3c2[N+](=O)[O-])C1. The molecule has 0 saturated carbocycles. The number of rotatable bonds is 3. The van der Waals surface area contributed by atoms with E-state index in [1.807, 2.05) is 6.07 Å². The number of fused-ring (bicyclic) bond motifs is 1. The van der Waals surface area contributed by atoms with E-state index in [4.69, 9.17) is 5.73 Å². The molecule has 1 aromatic heterocycles. The first-order valence-electron chi connectivity index (χ1n) is 6.68. The lowest BCUT2D eigenvalue weighted by molar-refractivity contribution is -0.382. The van der Waals surface area contributed by atoms with Crippen LogP contribution in [0.25, 0.3) is 10.9 Å².